The molecule has 0 radical (unpaired) electrons. The molecule has 8 nitrogen and oxygen atoms in total. The van der Waals surface area contributed by atoms with Crippen LogP contribution in [0.5, 0.6) is 0 Å². The number of aromatic nitrogens is 7. The number of H-pyrrole nitrogens is 2. The SMILES string of the molecule is CC(C)Nc1cncc(-c2ccc3[nH]nc(-c4nc5c(-c6cccs6)nccc5[nH]4)c3n2)c1. The van der Waals surface area contributed by atoms with Crippen molar-refractivity contribution < 1.29 is 0 Å². The fourth-order valence-corrected chi connectivity index (χ4v) is 4.58. The van der Waals surface area contributed by atoms with Crippen molar-refractivity contribution in [3.8, 4) is 33.3 Å². The van der Waals surface area contributed by atoms with Gasteiger partial charge in [0.25, 0.3) is 0 Å². The second kappa shape index (κ2) is 7.79. The fourth-order valence-electron chi connectivity index (χ4n) is 3.86. The molecule has 0 fully saturated rings. The van der Waals surface area contributed by atoms with Gasteiger partial charge in [0.05, 0.1) is 27.3 Å². The van der Waals surface area contributed by atoms with Crippen LogP contribution in [0.2, 0.25) is 0 Å². The maximum atomic E-state index is 4.91. The van der Waals surface area contributed by atoms with Crippen LogP contribution in [0.1, 0.15) is 13.8 Å². The molecule has 0 unspecified atom stereocenters. The number of pyridine rings is 3. The van der Waals surface area contributed by atoms with Crippen molar-refractivity contribution in [3.05, 3.63) is 60.4 Å². The number of hydrogen-bond acceptors (Lipinski definition) is 7. The summed E-state index contributed by atoms with van der Waals surface area (Å²) in [5.74, 6) is 0.653. The lowest BCUT2D eigenvalue weighted by atomic mass is 10.1. The lowest BCUT2D eigenvalue weighted by Gasteiger charge is -2.10. The molecule has 6 rings (SSSR count). The summed E-state index contributed by atoms with van der Waals surface area (Å²) in [4.78, 5) is 23.2. The molecule has 0 saturated heterocycles. The predicted octanol–water partition coefficient (Wildman–Crippen LogP) is 5.51. The van der Waals surface area contributed by atoms with E-state index in [1.807, 2.05) is 42.0 Å². The first-order valence-corrected chi connectivity index (χ1v) is 11.5. The van der Waals surface area contributed by atoms with Crippen LogP contribution >= 0.6 is 11.3 Å². The van der Waals surface area contributed by atoms with Crippen molar-refractivity contribution in [1.82, 2.24) is 35.1 Å². The fraction of sp³-hybridized carbons (Fsp3) is 0.125. The number of aromatic amines is 2. The second-order valence-electron chi connectivity index (χ2n) is 8.04. The number of imidazole rings is 1. The van der Waals surface area contributed by atoms with Crippen molar-refractivity contribution >= 4 is 39.1 Å². The zero-order valence-electron chi connectivity index (χ0n) is 18.0. The highest BCUT2D eigenvalue weighted by atomic mass is 32.1. The van der Waals surface area contributed by atoms with Gasteiger partial charge in [-0.25, -0.2) is 9.97 Å². The maximum Gasteiger partial charge on any atom is 0.161 e. The van der Waals surface area contributed by atoms with Gasteiger partial charge in [0.1, 0.15) is 16.7 Å². The minimum Gasteiger partial charge on any atom is -0.382 e. The molecule has 6 aromatic heterocycles. The molecule has 6 heterocycles. The van der Waals surface area contributed by atoms with E-state index in [4.69, 9.17) is 9.97 Å². The van der Waals surface area contributed by atoms with E-state index in [0.29, 0.717) is 17.6 Å². The van der Waals surface area contributed by atoms with Crippen LogP contribution in [0.4, 0.5) is 5.69 Å². The van der Waals surface area contributed by atoms with Gasteiger partial charge in [-0.2, -0.15) is 5.10 Å². The zero-order chi connectivity index (χ0) is 22.4. The molecule has 0 saturated carbocycles. The van der Waals surface area contributed by atoms with Gasteiger partial charge in [0.15, 0.2) is 11.5 Å². The average molecular weight is 453 g/mol. The summed E-state index contributed by atoms with van der Waals surface area (Å²) in [5, 5.41) is 13.0. The molecule has 162 valence electrons. The molecule has 6 aromatic rings. The first-order chi connectivity index (χ1) is 16.2. The Morgan fingerprint density at radius 2 is 1.88 bits per heavy atom. The summed E-state index contributed by atoms with van der Waals surface area (Å²) in [6.45, 7) is 4.20. The largest absolute Gasteiger partial charge is 0.382 e. The number of rotatable bonds is 5. The molecule has 0 spiro atoms. The van der Waals surface area contributed by atoms with Crippen molar-refractivity contribution in [2.45, 2.75) is 19.9 Å². The van der Waals surface area contributed by atoms with Crippen LogP contribution in [0.15, 0.2) is 60.4 Å². The van der Waals surface area contributed by atoms with Crippen LogP contribution in [0.3, 0.4) is 0 Å². The van der Waals surface area contributed by atoms with Gasteiger partial charge in [-0.1, -0.05) is 6.07 Å². The van der Waals surface area contributed by atoms with Crippen LogP contribution in [-0.4, -0.2) is 41.2 Å². The van der Waals surface area contributed by atoms with Crippen molar-refractivity contribution in [2.75, 3.05) is 5.32 Å². The number of fused-ring (bicyclic) bond motifs is 2. The number of anilines is 1. The number of thiophene rings is 1. The molecule has 0 amide bonds. The van der Waals surface area contributed by atoms with E-state index in [1.165, 1.54) is 0 Å². The van der Waals surface area contributed by atoms with Crippen molar-refractivity contribution in [2.24, 2.45) is 0 Å². The van der Waals surface area contributed by atoms with E-state index in [0.717, 1.165) is 49.6 Å². The Labute approximate surface area is 193 Å². The van der Waals surface area contributed by atoms with Gasteiger partial charge >= 0.3 is 0 Å². The molecule has 0 aromatic carbocycles. The molecule has 0 bridgehead atoms. The number of nitrogens with one attached hydrogen (secondary N) is 3. The molecule has 0 aliphatic carbocycles. The summed E-state index contributed by atoms with van der Waals surface area (Å²) in [5.41, 5.74) is 7.57. The quantitative estimate of drug-likeness (QED) is 0.318. The third kappa shape index (κ3) is 3.52. The monoisotopic (exact) mass is 452 g/mol. The summed E-state index contributed by atoms with van der Waals surface area (Å²) in [6, 6.07) is 12.3. The first kappa shape index (κ1) is 19.6. The Hall–Kier alpha value is -4.11. The van der Waals surface area contributed by atoms with Crippen molar-refractivity contribution in [1.29, 1.82) is 0 Å². The molecule has 0 aliphatic rings. The van der Waals surface area contributed by atoms with E-state index in [1.54, 1.807) is 17.5 Å². The lowest BCUT2D eigenvalue weighted by molar-refractivity contribution is 0.898. The molecular weight excluding hydrogens is 432 g/mol. The minimum absolute atomic E-state index is 0.319. The Morgan fingerprint density at radius 3 is 2.73 bits per heavy atom. The standard InChI is InChI=1S/C24H20N8S/c1-13(2)27-15-10-14(11-25-12-15)16-5-6-18-21(28-16)23(32-31-18)24-29-17-7-8-26-22(20(17)30-24)19-4-3-9-33-19/h3-13,27H,1-2H3,(H,29,30)(H,31,32). The van der Waals surface area contributed by atoms with Crippen LogP contribution in [0, 0.1) is 0 Å². The topological polar surface area (TPSA) is 108 Å². The summed E-state index contributed by atoms with van der Waals surface area (Å²) in [6.07, 6.45) is 5.43. The smallest absolute Gasteiger partial charge is 0.161 e. The van der Waals surface area contributed by atoms with E-state index < -0.39 is 0 Å². The van der Waals surface area contributed by atoms with Gasteiger partial charge in [0, 0.05) is 30.2 Å². The highest BCUT2D eigenvalue weighted by Crippen LogP contribution is 2.32. The first-order valence-electron chi connectivity index (χ1n) is 10.6. The summed E-state index contributed by atoms with van der Waals surface area (Å²) < 4.78 is 0. The van der Waals surface area contributed by atoms with Crippen molar-refractivity contribution in [3.63, 3.8) is 0 Å². The Morgan fingerprint density at radius 1 is 0.970 bits per heavy atom. The van der Waals surface area contributed by atoms with Crippen LogP contribution in [-0.2, 0) is 0 Å². The molecule has 3 N–H and O–H groups in total. The summed E-state index contributed by atoms with van der Waals surface area (Å²) in [7, 11) is 0. The molecule has 0 aliphatic heterocycles. The van der Waals surface area contributed by atoms with E-state index in [-0.39, 0.29) is 0 Å². The summed E-state index contributed by atoms with van der Waals surface area (Å²) >= 11 is 1.64. The minimum atomic E-state index is 0.319. The molecule has 9 heteroatoms. The van der Waals surface area contributed by atoms with E-state index in [2.05, 4.69) is 56.4 Å². The van der Waals surface area contributed by atoms with E-state index in [9.17, 15) is 0 Å². The average Bonchev–Trinajstić information content (AvgIpc) is 3.57. The van der Waals surface area contributed by atoms with Crippen LogP contribution < -0.4 is 5.32 Å². The maximum absolute atomic E-state index is 4.91. The highest BCUT2D eigenvalue weighted by Gasteiger charge is 2.17. The molecular formula is C24H20N8S. The van der Waals surface area contributed by atoms with Gasteiger partial charge in [-0.05, 0) is 49.6 Å². The molecule has 33 heavy (non-hydrogen) atoms. The Bertz CT molecular complexity index is 1580. The lowest BCUT2D eigenvalue weighted by Crippen LogP contribution is -2.09. The highest BCUT2D eigenvalue weighted by molar-refractivity contribution is 7.13. The molecule has 0 atom stereocenters. The third-order valence-corrected chi connectivity index (χ3v) is 6.15. The zero-order valence-corrected chi connectivity index (χ0v) is 18.8. The second-order valence-corrected chi connectivity index (χ2v) is 8.99. The van der Waals surface area contributed by atoms with Gasteiger partial charge < -0.3 is 10.3 Å². The Kier molecular flexibility index (Phi) is 4.62. The van der Waals surface area contributed by atoms with Crippen LogP contribution in [0.25, 0.3) is 55.4 Å². The number of nitrogens with zero attached hydrogens (tertiary/aromatic N) is 5. The third-order valence-electron chi connectivity index (χ3n) is 5.28. The van der Waals surface area contributed by atoms with Gasteiger partial charge in [-0.15, -0.1) is 11.3 Å². The predicted molar refractivity (Wildman–Crippen MR) is 132 cm³/mol. The normalized spacial score (nSPS) is 11.6. The Balaban J connectivity index is 1.45. The number of hydrogen-bond donors (Lipinski definition) is 3. The van der Waals surface area contributed by atoms with Gasteiger partial charge in [-0.3, -0.25) is 15.1 Å². The van der Waals surface area contributed by atoms with Gasteiger partial charge in [0.2, 0.25) is 0 Å². The van der Waals surface area contributed by atoms with E-state index >= 15 is 0 Å².